The summed E-state index contributed by atoms with van der Waals surface area (Å²) in [7, 11) is 2.78. The Morgan fingerprint density at radius 2 is 1.67 bits per heavy atom. The Balaban J connectivity index is 2.10. The van der Waals surface area contributed by atoms with Crippen LogP contribution < -0.4 is 19.7 Å². The standard InChI is InChI=1S/C19H15ClN2O5/c1-26-15-10-14(16(27-2)9-13(15)20)22-18(24)12(17(23)21-19(22)25)8-11-6-4-3-5-7-11/h3-10H,1-2H3,(H,21,23,25)/b12-8+. The summed E-state index contributed by atoms with van der Waals surface area (Å²) in [6, 6.07) is 10.8. The number of carbonyl (C=O) groups excluding carboxylic acids is 3. The number of rotatable bonds is 4. The zero-order chi connectivity index (χ0) is 19.6. The summed E-state index contributed by atoms with van der Waals surface area (Å²) in [5.74, 6) is -1.13. The van der Waals surface area contributed by atoms with Gasteiger partial charge in [0.2, 0.25) is 0 Å². The van der Waals surface area contributed by atoms with Crippen molar-refractivity contribution in [1.82, 2.24) is 5.32 Å². The molecule has 0 radical (unpaired) electrons. The minimum atomic E-state index is -0.891. The van der Waals surface area contributed by atoms with Crippen LogP contribution in [0.4, 0.5) is 10.5 Å². The minimum absolute atomic E-state index is 0.104. The van der Waals surface area contributed by atoms with Crippen molar-refractivity contribution >= 4 is 41.2 Å². The number of methoxy groups -OCH3 is 2. The number of imide groups is 2. The monoisotopic (exact) mass is 386 g/mol. The zero-order valence-electron chi connectivity index (χ0n) is 14.5. The summed E-state index contributed by atoms with van der Waals surface area (Å²) < 4.78 is 10.4. The summed E-state index contributed by atoms with van der Waals surface area (Å²) in [6.07, 6.45) is 1.41. The molecule has 1 saturated heterocycles. The zero-order valence-corrected chi connectivity index (χ0v) is 15.2. The number of anilines is 1. The number of ether oxygens (including phenoxy) is 2. The van der Waals surface area contributed by atoms with Gasteiger partial charge >= 0.3 is 6.03 Å². The molecule has 0 saturated carbocycles. The average molecular weight is 387 g/mol. The Morgan fingerprint density at radius 1 is 1.00 bits per heavy atom. The van der Waals surface area contributed by atoms with Crippen LogP contribution in [-0.4, -0.2) is 32.1 Å². The third-order valence-corrected chi connectivity index (χ3v) is 4.20. The summed E-state index contributed by atoms with van der Waals surface area (Å²) in [4.78, 5) is 38.3. The van der Waals surface area contributed by atoms with Crippen LogP contribution in [0.2, 0.25) is 5.02 Å². The minimum Gasteiger partial charge on any atom is -0.495 e. The number of urea groups is 1. The van der Waals surface area contributed by atoms with Gasteiger partial charge in [0.25, 0.3) is 11.8 Å². The van der Waals surface area contributed by atoms with Crippen LogP contribution in [0.3, 0.4) is 0 Å². The molecule has 4 amide bonds. The van der Waals surface area contributed by atoms with Crippen LogP contribution in [0, 0.1) is 0 Å². The number of hydrogen-bond acceptors (Lipinski definition) is 5. The normalized spacial score (nSPS) is 15.7. The quantitative estimate of drug-likeness (QED) is 0.645. The van der Waals surface area contributed by atoms with Crippen LogP contribution in [0.15, 0.2) is 48.0 Å². The van der Waals surface area contributed by atoms with Gasteiger partial charge in [0.05, 0.1) is 24.9 Å². The van der Waals surface area contributed by atoms with Gasteiger partial charge < -0.3 is 9.47 Å². The molecule has 138 valence electrons. The molecule has 0 unspecified atom stereocenters. The highest BCUT2D eigenvalue weighted by Crippen LogP contribution is 2.39. The molecule has 2 aromatic rings. The Bertz CT molecular complexity index is 956. The van der Waals surface area contributed by atoms with Crippen molar-refractivity contribution in [3.63, 3.8) is 0 Å². The maximum absolute atomic E-state index is 13.0. The van der Waals surface area contributed by atoms with E-state index in [1.165, 1.54) is 32.4 Å². The van der Waals surface area contributed by atoms with Gasteiger partial charge in [-0.1, -0.05) is 41.9 Å². The van der Waals surface area contributed by atoms with E-state index in [4.69, 9.17) is 21.1 Å². The number of benzene rings is 2. The van der Waals surface area contributed by atoms with E-state index in [2.05, 4.69) is 5.32 Å². The first kappa shape index (κ1) is 18.5. The molecule has 3 rings (SSSR count). The van der Waals surface area contributed by atoms with Gasteiger partial charge in [-0.05, 0) is 11.6 Å². The van der Waals surface area contributed by atoms with Crippen molar-refractivity contribution in [2.45, 2.75) is 0 Å². The molecule has 1 heterocycles. The summed E-state index contributed by atoms with van der Waals surface area (Å²) in [5, 5.41) is 2.41. The van der Waals surface area contributed by atoms with E-state index in [-0.39, 0.29) is 27.8 Å². The second kappa shape index (κ2) is 7.51. The van der Waals surface area contributed by atoms with Crippen molar-refractivity contribution in [1.29, 1.82) is 0 Å². The topological polar surface area (TPSA) is 84.9 Å². The van der Waals surface area contributed by atoms with Crippen molar-refractivity contribution in [3.05, 3.63) is 58.6 Å². The molecule has 0 aliphatic carbocycles. The largest absolute Gasteiger partial charge is 0.495 e. The smallest absolute Gasteiger partial charge is 0.336 e. The van der Waals surface area contributed by atoms with Crippen molar-refractivity contribution in [3.8, 4) is 11.5 Å². The third-order valence-electron chi connectivity index (χ3n) is 3.91. The van der Waals surface area contributed by atoms with Gasteiger partial charge in [-0.2, -0.15) is 0 Å². The van der Waals surface area contributed by atoms with Crippen molar-refractivity contribution in [2.75, 3.05) is 19.1 Å². The molecule has 27 heavy (non-hydrogen) atoms. The number of nitrogens with zero attached hydrogens (tertiary/aromatic N) is 1. The van der Waals surface area contributed by atoms with Gasteiger partial charge in [-0.3, -0.25) is 14.9 Å². The predicted molar refractivity (Wildman–Crippen MR) is 100.0 cm³/mol. The van der Waals surface area contributed by atoms with Gasteiger partial charge in [-0.25, -0.2) is 9.69 Å². The lowest BCUT2D eigenvalue weighted by molar-refractivity contribution is -0.122. The molecular formula is C19H15ClN2O5. The number of halogens is 1. The SMILES string of the molecule is COc1cc(N2C(=O)NC(=O)/C(=C\c3ccccc3)C2=O)c(OC)cc1Cl. The fourth-order valence-electron chi connectivity index (χ4n) is 2.61. The molecule has 0 atom stereocenters. The Morgan fingerprint density at radius 3 is 2.30 bits per heavy atom. The van der Waals surface area contributed by atoms with E-state index >= 15 is 0 Å². The summed E-state index contributed by atoms with van der Waals surface area (Å²) >= 11 is 6.08. The lowest BCUT2D eigenvalue weighted by Gasteiger charge is -2.28. The molecule has 0 bridgehead atoms. The predicted octanol–water partition coefficient (Wildman–Crippen LogP) is 3.02. The number of nitrogens with one attached hydrogen (secondary N) is 1. The molecule has 8 heteroatoms. The number of amides is 4. The van der Waals surface area contributed by atoms with Crippen LogP contribution in [0.1, 0.15) is 5.56 Å². The molecule has 7 nitrogen and oxygen atoms in total. The first-order valence-electron chi connectivity index (χ1n) is 7.84. The fourth-order valence-corrected chi connectivity index (χ4v) is 2.84. The molecule has 1 fully saturated rings. The highest BCUT2D eigenvalue weighted by molar-refractivity contribution is 6.39. The van der Waals surface area contributed by atoms with Crippen LogP contribution in [0.5, 0.6) is 11.5 Å². The van der Waals surface area contributed by atoms with E-state index in [9.17, 15) is 14.4 Å². The Labute approximate surface area is 160 Å². The average Bonchev–Trinajstić information content (AvgIpc) is 2.66. The van der Waals surface area contributed by atoms with E-state index in [0.29, 0.717) is 5.56 Å². The van der Waals surface area contributed by atoms with Crippen LogP contribution in [0.25, 0.3) is 6.08 Å². The molecule has 1 N–H and O–H groups in total. The Hall–Kier alpha value is -3.32. The number of carbonyl (C=O) groups is 3. The highest BCUT2D eigenvalue weighted by atomic mass is 35.5. The lowest BCUT2D eigenvalue weighted by Crippen LogP contribution is -2.54. The molecule has 1 aliphatic rings. The van der Waals surface area contributed by atoms with Crippen molar-refractivity contribution < 1.29 is 23.9 Å². The highest BCUT2D eigenvalue weighted by Gasteiger charge is 2.38. The summed E-state index contributed by atoms with van der Waals surface area (Å²) in [5.41, 5.74) is 0.565. The van der Waals surface area contributed by atoms with E-state index in [1.807, 2.05) is 6.07 Å². The first-order valence-corrected chi connectivity index (χ1v) is 8.22. The maximum Gasteiger partial charge on any atom is 0.336 e. The third kappa shape index (κ3) is 3.50. The molecular weight excluding hydrogens is 372 g/mol. The number of barbiturate groups is 1. The molecule has 0 spiro atoms. The van der Waals surface area contributed by atoms with Gasteiger partial charge in [0.1, 0.15) is 17.1 Å². The maximum atomic E-state index is 13.0. The molecule has 2 aromatic carbocycles. The van der Waals surface area contributed by atoms with Gasteiger partial charge in [0, 0.05) is 12.1 Å². The second-order valence-corrected chi connectivity index (χ2v) is 5.93. The van der Waals surface area contributed by atoms with E-state index in [1.54, 1.807) is 24.3 Å². The molecule has 0 aromatic heterocycles. The van der Waals surface area contributed by atoms with Crippen LogP contribution >= 0.6 is 11.6 Å². The van der Waals surface area contributed by atoms with Crippen molar-refractivity contribution in [2.24, 2.45) is 0 Å². The van der Waals surface area contributed by atoms with Crippen LogP contribution in [-0.2, 0) is 9.59 Å². The number of hydrogen-bond donors (Lipinski definition) is 1. The molecule has 1 aliphatic heterocycles. The van der Waals surface area contributed by atoms with E-state index in [0.717, 1.165) is 4.90 Å². The summed E-state index contributed by atoms with van der Waals surface area (Å²) in [6.45, 7) is 0. The fraction of sp³-hybridized carbons (Fsp3) is 0.105. The second-order valence-electron chi connectivity index (χ2n) is 5.53. The van der Waals surface area contributed by atoms with Gasteiger partial charge in [0.15, 0.2) is 0 Å². The Kier molecular flexibility index (Phi) is 5.14. The first-order chi connectivity index (χ1) is 13.0. The van der Waals surface area contributed by atoms with Gasteiger partial charge in [-0.15, -0.1) is 0 Å². The van der Waals surface area contributed by atoms with E-state index < -0.39 is 17.8 Å². The lowest BCUT2D eigenvalue weighted by atomic mass is 10.1.